The van der Waals surface area contributed by atoms with Crippen molar-refractivity contribution in [3.8, 4) is 0 Å². The summed E-state index contributed by atoms with van der Waals surface area (Å²) in [5.41, 5.74) is 0.699. The van der Waals surface area contributed by atoms with Crippen molar-refractivity contribution in [2.24, 2.45) is 5.92 Å². The van der Waals surface area contributed by atoms with Crippen molar-refractivity contribution < 1.29 is 13.6 Å². The molecule has 0 aromatic heterocycles. The van der Waals surface area contributed by atoms with Gasteiger partial charge in [0.2, 0.25) is 5.91 Å². The number of carbonyl (C=O) groups excluding carboxylic acids is 1. The van der Waals surface area contributed by atoms with E-state index in [1.807, 2.05) is 0 Å². The highest BCUT2D eigenvalue weighted by Gasteiger charge is 2.34. The van der Waals surface area contributed by atoms with E-state index in [2.05, 4.69) is 14.7 Å². The van der Waals surface area contributed by atoms with E-state index in [0.29, 0.717) is 24.1 Å². The SMILES string of the molecule is O=C(C1CCCN(C2CCN(Cc3cc(F)cc(F)c3)CC2)C1)N1CCCC1. The Morgan fingerprint density at radius 1 is 0.893 bits per heavy atom. The van der Waals surface area contributed by atoms with Gasteiger partial charge in [-0.25, -0.2) is 8.78 Å². The standard InChI is InChI=1S/C22H31F2N3O/c23-19-12-17(13-20(24)14-19)15-25-10-5-21(6-11-25)27-9-3-4-18(16-27)22(28)26-7-1-2-8-26/h12-14,18,21H,1-11,15-16H2. The predicted molar refractivity (Wildman–Crippen MR) is 105 cm³/mol. The smallest absolute Gasteiger partial charge is 0.226 e. The first-order valence-electron chi connectivity index (χ1n) is 10.8. The summed E-state index contributed by atoms with van der Waals surface area (Å²) in [7, 11) is 0. The summed E-state index contributed by atoms with van der Waals surface area (Å²) in [5, 5.41) is 0. The zero-order valence-corrected chi connectivity index (χ0v) is 16.6. The second-order valence-corrected chi connectivity index (χ2v) is 8.65. The molecular formula is C22H31F2N3O. The topological polar surface area (TPSA) is 26.8 Å². The molecule has 1 aromatic carbocycles. The van der Waals surface area contributed by atoms with Crippen LogP contribution in [0.1, 0.15) is 44.1 Å². The average molecular weight is 392 g/mol. The van der Waals surface area contributed by atoms with Crippen molar-refractivity contribution in [2.45, 2.75) is 51.1 Å². The second-order valence-electron chi connectivity index (χ2n) is 8.65. The molecule has 4 nitrogen and oxygen atoms in total. The number of nitrogens with zero attached hydrogens (tertiary/aromatic N) is 3. The molecule has 1 unspecified atom stereocenters. The first-order chi connectivity index (χ1) is 13.6. The molecule has 4 rings (SSSR count). The molecule has 0 saturated carbocycles. The highest BCUT2D eigenvalue weighted by molar-refractivity contribution is 5.79. The van der Waals surface area contributed by atoms with Crippen molar-refractivity contribution in [1.82, 2.24) is 14.7 Å². The van der Waals surface area contributed by atoms with Crippen LogP contribution in [0.5, 0.6) is 0 Å². The van der Waals surface area contributed by atoms with Crippen LogP contribution in [-0.4, -0.2) is 65.9 Å². The van der Waals surface area contributed by atoms with E-state index in [-0.39, 0.29) is 5.92 Å². The van der Waals surface area contributed by atoms with Crippen LogP contribution >= 0.6 is 0 Å². The fourth-order valence-corrected chi connectivity index (χ4v) is 5.14. The van der Waals surface area contributed by atoms with E-state index < -0.39 is 11.6 Å². The van der Waals surface area contributed by atoms with Crippen LogP contribution in [0.4, 0.5) is 8.78 Å². The van der Waals surface area contributed by atoms with Gasteiger partial charge in [0.15, 0.2) is 0 Å². The lowest BCUT2D eigenvalue weighted by molar-refractivity contribution is -0.136. The van der Waals surface area contributed by atoms with Gasteiger partial charge in [0.1, 0.15) is 11.6 Å². The number of amides is 1. The molecule has 0 aliphatic carbocycles. The minimum atomic E-state index is -0.507. The monoisotopic (exact) mass is 391 g/mol. The number of hydrogen-bond acceptors (Lipinski definition) is 3. The number of benzene rings is 1. The third kappa shape index (κ3) is 4.71. The quantitative estimate of drug-likeness (QED) is 0.788. The summed E-state index contributed by atoms with van der Waals surface area (Å²) in [6.07, 6.45) is 6.54. The minimum absolute atomic E-state index is 0.167. The molecule has 3 saturated heterocycles. The van der Waals surface area contributed by atoms with E-state index >= 15 is 0 Å². The van der Waals surface area contributed by atoms with Crippen molar-refractivity contribution >= 4 is 5.91 Å². The zero-order valence-electron chi connectivity index (χ0n) is 16.6. The Morgan fingerprint density at radius 2 is 1.57 bits per heavy atom. The Balaban J connectivity index is 1.27. The largest absolute Gasteiger partial charge is 0.342 e. The van der Waals surface area contributed by atoms with Gasteiger partial charge in [0.25, 0.3) is 0 Å². The molecule has 0 N–H and O–H groups in total. The summed E-state index contributed by atoms with van der Waals surface area (Å²) < 4.78 is 26.8. The van der Waals surface area contributed by atoms with Gasteiger partial charge in [-0.2, -0.15) is 0 Å². The van der Waals surface area contributed by atoms with Crippen molar-refractivity contribution in [3.63, 3.8) is 0 Å². The number of hydrogen-bond donors (Lipinski definition) is 0. The number of piperidine rings is 2. The molecular weight excluding hydrogens is 360 g/mol. The molecule has 0 radical (unpaired) electrons. The van der Waals surface area contributed by atoms with Gasteiger partial charge >= 0.3 is 0 Å². The first kappa shape index (κ1) is 19.8. The Bertz CT molecular complexity index is 664. The fourth-order valence-electron chi connectivity index (χ4n) is 5.14. The lowest BCUT2D eigenvalue weighted by Crippen LogP contribution is -2.51. The van der Waals surface area contributed by atoms with Gasteiger partial charge in [-0.05, 0) is 75.9 Å². The highest BCUT2D eigenvalue weighted by Crippen LogP contribution is 2.26. The van der Waals surface area contributed by atoms with Crippen LogP contribution in [-0.2, 0) is 11.3 Å². The van der Waals surface area contributed by atoms with Gasteiger partial charge < -0.3 is 4.90 Å². The minimum Gasteiger partial charge on any atom is -0.342 e. The molecule has 28 heavy (non-hydrogen) atoms. The van der Waals surface area contributed by atoms with Gasteiger partial charge in [-0.3, -0.25) is 14.6 Å². The summed E-state index contributed by atoms with van der Waals surface area (Å²) in [5.74, 6) is -0.480. The van der Waals surface area contributed by atoms with Crippen molar-refractivity contribution in [1.29, 1.82) is 0 Å². The number of rotatable bonds is 4. The molecule has 6 heteroatoms. The van der Waals surface area contributed by atoms with Crippen LogP contribution in [0.2, 0.25) is 0 Å². The summed E-state index contributed by atoms with van der Waals surface area (Å²) in [4.78, 5) is 19.6. The van der Waals surface area contributed by atoms with Gasteiger partial charge in [-0.15, -0.1) is 0 Å². The van der Waals surface area contributed by atoms with Crippen LogP contribution in [0.15, 0.2) is 18.2 Å². The number of halogens is 2. The molecule has 1 aromatic rings. The molecule has 3 aliphatic rings. The molecule has 1 atom stereocenters. The Morgan fingerprint density at radius 3 is 2.25 bits per heavy atom. The molecule has 1 amide bonds. The Labute approximate surface area is 166 Å². The van der Waals surface area contributed by atoms with Crippen LogP contribution < -0.4 is 0 Å². The highest BCUT2D eigenvalue weighted by atomic mass is 19.1. The van der Waals surface area contributed by atoms with E-state index in [0.717, 1.165) is 83.9 Å². The maximum atomic E-state index is 13.4. The summed E-state index contributed by atoms with van der Waals surface area (Å²) >= 11 is 0. The summed E-state index contributed by atoms with van der Waals surface area (Å²) in [6.45, 7) is 6.33. The maximum Gasteiger partial charge on any atom is 0.226 e. The Hall–Kier alpha value is -1.53. The molecule has 3 aliphatic heterocycles. The molecule has 0 spiro atoms. The van der Waals surface area contributed by atoms with Crippen LogP contribution in [0.25, 0.3) is 0 Å². The molecule has 3 fully saturated rings. The lowest BCUT2D eigenvalue weighted by atomic mass is 9.93. The maximum absolute atomic E-state index is 13.4. The predicted octanol–water partition coefficient (Wildman–Crippen LogP) is 3.26. The molecule has 3 heterocycles. The summed E-state index contributed by atoms with van der Waals surface area (Å²) in [6, 6.07) is 4.30. The lowest BCUT2D eigenvalue weighted by Gasteiger charge is -2.42. The van der Waals surface area contributed by atoms with Crippen LogP contribution in [0.3, 0.4) is 0 Å². The Kier molecular flexibility index (Phi) is 6.26. The first-order valence-corrected chi connectivity index (χ1v) is 10.8. The molecule has 0 bridgehead atoms. The van der Waals surface area contributed by atoms with Gasteiger partial charge in [-0.1, -0.05) is 0 Å². The van der Waals surface area contributed by atoms with E-state index in [1.54, 1.807) is 0 Å². The third-order valence-corrected chi connectivity index (χ3v) is 6.62. The van der Waals surface area contributed by atoms with E-state index in [1.165, 1.54) is 12.1 Å². The second kappa shape index (κ2) is 8.87. The fraction of sp³-hybridized carbons (Fsp3) is 0.682. The zero-order chi connectivity index (χ0) is 19.5. The van der Waals surface area contributed by atoms with Gasteiger partial charge in [0.05, 0.1) is 5.92 Å². The molecule has 154 valence electrons. The normalized spacial score (nSPS) is 25.4. The van der Waals surface area contributed by atoms with E-state index in [4.69, 9.17) is 0 Å². The number of carbonyl (C=O) groups is 1. The van der Waals surface area contributed by atoms with E-state index in [9.17, 15) is 13.6 Å². The number of likely N-dealkylation sites (tertiary alicyclic amines) is 3. The van der Waals surface area contributed by atoms with Crippen LogP contribution in [0, 0.1) is 17.6 Å². The van der Waals surface area contributed by atoms with Crippen molar-refractivity contribution in [2.75, 3.05) is 39.3 Å². The average Bonchev–Trinajstić information content (AvgIpc) is 3.22. The van der Waals surface area contributed by atoms with Crippen molar-refractivity contribution in [3.05, 3.63) is 35.4 Å². The third-order valence-electron chi connectivity index (χ3n) is 6.62. The van der Waals surface area contributed by atoms with Gasteiger partial charge in [0, 0.05) is 38.3 Å².